The largest absolute Gasteiger partial charge is 0.492 e. The summed E-state index contributed by atoms with van der Waals surface area (Å²) in [5, 5.41) is 7.56. The maximum Gasteiger partial charge on any atom is 0.293 e. The predicted molar refractivity (Wildman–Crippen MR) is 97.4 cm³/mol. The fourth-order valence-electron chi connectivity index (χ4n) is 2.12. The molecule has 2 aromatic heterocycles. The number of amides is 2. The molecule has 2 amide bonds. The van der Waals surface area contributed by atoms with Crippen LogP contribution in [0, 0.1) is 0 Å². The van der Waals surface area contributed by atoms with E-state index in [4.69, 9.17) is 9.15 Å². The van der Waals surface area contributed by atoms with Crippen LogP contribution in [0.4, 0.5) is 5.13 Å². The normalized spacial score (nSPS) is 10.3. The minimum Gasteiger partial charge on any atom is -0.492 e. The summed E-state index contributed by atoms with van der Waals surface area (Å²) < 4.78 is 10.5. The quantitative estimate of drug-likeness (QED) is 0.594. The van der Waals surface area contributed by atoms with Gasteiger partial charge in [0, 0.05) is 5.38 Å². The molecule has 0 fully saturated rings. The highest BCUT2D eigenvalue weighted by Crippen LogP contribution is 2.17. The molecular weight excluding hydrogens is 354 g/mol. The van der Waals surface area contributed by atoms with Crippen LogP contribution in [0.15, 0.2) is 58.5 Å². The summed E-state index contributed by atoms with van der Waals surface area (Å²) in [4.78, 5) is 28.0. The minimum atomic E-state index is -0.376. The van der Waals surface area contributed by atoms with E-state index in [1.165, 1.54) is 17.6 Å². The SMILES string of the molecule is O=C(Cc1csc(NC(=O)c2ccco2)n1)NCCOc1ccccc1. The summed E-state index contributed by atoms with van der Waals surface area (Å²) >= 11 is 1.25. The lowest BCUT2D eigenvalue weighted by Gasteiger charge is -2.07. The van der Waals surface area contributed by atoms with E-state index in [-0.39, 0.29) is 24.0 Å². The van der Waals surface area contributed by atoms with Crippen molar-refractivity contribution in [3.63, 3.8) is 0 Å². The number of hydrogen-bond donors (Lipinski definition) is 2. The molecular formula is C18H17N3O4S. The number of hydrogen-bond acceptors (Lipinski definition) is 6. The molecule has 134 valence electrons. The van der Waals surface area contributed by atoms with Gasteiger partial charge in [0.2, 0.25) is 5.91 Å². The lowest BCUT2D eigenvalue weighted by molar-refractivity contribution is -0.120. The zero-order chi connectivity index (χ0) is 18.2. The van der Waals surface area contributed by atoms with Crippen LogP contribution in [0.25, 0.3) is 0 Å². The van der Waals surface area contributed by atoms with Crippen molar-refractivity contribution in [3.05, 3.63) is 65.6 Å². The van der Waals surface area contributed by atoms with E-state index in [9.17, 15) is 9.59 Å². The van der Waals surface area contributed by atoms with Crippen molar-refractivity contribution in [2.24, 2.45) is 0 Å². The Morgan fingerprint density at radius 3 is 2.77 bits per heavy atom. The number of nitrogens with zero attached hydrogens (tertiary/aromatic N) is 1. The molecule has 0 atom stereocenters. The van der Waals surface area contributed by atoms with Gasteiger partial charge in [0.1, 0.15) is 12.4 Å². The van der Waals surface area contributed by atoms with Crippen LogP contribution in [0.1, 0.15) is 16.2 Å². The van der Waals surface area contributed by atoms with Crippen molar-refractivity contribution in [1.29, 1.82) is 0 Å². The van der Waals surface area contributed by atoms with Crippen LogP contribution in [-0.2, 0) is 11.2 Å². The van der Waals surface area contributed by atoms with Crippen molar-refractivity contribution in [2.75, 3.05) is 18.5 Å². The van der Waals surface area contributed by atoms with Crippen molar-refractivity contribution in [1.82, 2.24) is 10.3 Å². The van der Waals surface area contributed by atoms with Gasteiger partial charge in [-0.15, -0.1) is 11.3 Å². The van der Waals surface area contributed by atoms with E-state index in [1.807, 2.05) is 30.3 Å². The van der Waals surface area contributed by atoms with E-state index in [0.717, 1.165) is 5.75 Å². The standard InChI is InChI=1S/C18H17N3O4S/c22-16(19-8-10-24-14-5-2-1-3-6-14)11-13-12-26-18(20-13)21-17(23)15-7-4-9-25-15/h1-7,9,12H,8,10-11H2,(H,19,22)(H,20,21,23). The molecule has 3 rings (SSSR count). The molecule has 0 saturated carbocycles. The number of thiazole rings is 1. The molecule has 0 aliphatic rings. The molecule has 2 heterocycles. The number of para-hydroxylation sites is 1. The Morgan fingerprint density at radius 1 is 1.15 bits per heavy atom. The molecule has 0 bridgehead atoms. The Kier molecular flexibility index (Phi) is 6.00. The van der Waals surface area contributed by atoms with Crippen molar-refractivity contribution in [2.45, 2.75) is 6.42 Å². The summed E-state index contributed by atoms with van der Waals surface area (Å²) in [5.74, 6) is 0.436. The summed E-state index contributed by atoms with van der Waals surface area (Å²) in [6.07, 6.45) is 1.56. The Labute approximate surface area is 154 Å². The minimum absolute atomic E-state index is 0.137. The molecule has 0 radical (unpaired) electrons. The fourth-order valence-corrected chi connectivity index (χ4v) is 2.82. The molecule has 8 heteroatoms. The maximum atomic E-state index is 11.9. The average Bonchev–Trinajstić information content (AvgIpc) is 3.32. The molecule has 0 unspecified atom stereocenters. The van der Waals surface area contributed by atoms with Crippen LogP contribution in [-0.4, -0.2) is 29.9 Å². The van der Waals surface area contributed by atoms with Crippen LogP contribution in [0.2, 0.25) is 0 Å². The lowest BCUT2D eigenvalue weighted by Crippen LogP contribution is -2.29. The number of ether oxygens (including phenoxy) is 1. The smallest absolute Gasteiger partial charge is 0.293 e. The first kappa shape index (κ1) is 17.7. The van der Waals surface area contributed by atoms with Gasteiger partial charge in [0.25, 0.3) is 5.91 Å². The number of rotatable bonds is 8. The molecule has 0 aliphatic heterocycles. The number of aromatic nitrogens is 1. The van der Waals surface area contributed by atoms with Crippen molar-refractivity contribution >= 4 is 28.3 Å². The second-order valence-electron chi connectivity index (χ2n) is 5.26. The van der Waals surface area contributed by atoms with Gasteiger partial charge in [-0.25, -0.2) is 4.98 Å². The highest BCUT2D eigenvalue weighted by Gasteiger charge is 2.12. The first-order chi connectivity index (χ1) is 12.7. The van der Waals surface area contributed by atoms with Gasteiger partial charge in [-0.05, 0) is 24.3 Å². The third kappa shape index (κ3) is 5.18. The Hall–Kier alpha value is -3.13. The first-order valence-electron chi connectivity index (χ1n) is 7.94. The number of anilines is 1. The monoisotopic (exact) mass is 371 g/mol. The summed E-state index contributed by atoms with van der Waals surface area (Å²) in [6.45, 7) is 0.789. The average molecular weight is 371 g/mol. The van der Waals surface area contributed by atoms with Crippen LogP contribution < -0.4 is 15.4 Å². The number of nitrogens with one attached hydrogen (secondary N) is 2. The molecule has 0 spiro atoms. The maximum absolute atomic E-state index is 11.9. The third-order valence-electron chi connectivity index (χ3n) is 3.30. The highest BCUT2D eigenvalue weighted by atomic mass is 32.1. The van der Waals surface area contributed by atoms with E-state index in [0.29, 0.717) is 24.0 Å². The number of carbonyl (C=O) groups is 2. The Bertz CT molecular complexity index is 846. The Balaban J connectivity index is 1.39. The van der Waals surface area contributed by atoms with Crippen LogP contribution in [0.3, 0.4) is 0 Å². The summed E-state index contributed by atoms with van der Waals surface area (Å²) in [5.41, 5.74) is 0.589. The summed E-state index contributed by atoms with van der Waals surface area (Å²) in [7, 11) is 0. The van der Waals surface area contributed by atoms with E-state index >= 15 is 0 Å². The van der Waals surface area contributed by atoms with E-state index < -0.39 is 0 Å². The van der Waals surface area contributed by atoms with Crippen LogP contribution in [0.5, 0.6) is 5.75 Å². The predicted octanol–water partition coefficient (Wildman–Crippen LogP) is 2.73. The summed E-state index contributed by atoms with van der Waals surface area (Å²) in [6, 6.07) is 12.6. The number of benzene rings is 1. The van der Waals surface area contributed by atoms with Gasteiger partial charge in [-0.1, -0.05) is 18.2 Å². The topological polar surface area (TPSA) is 93.5 Å². The number of furan rings is 1. The lowest BCUT2D eigenvalue weighted by atomic mass is 10.3. The van der Waals surface area contributed by atoms with Crippen LogP contribution >= 0.6 is 11.3 Å². The molecule has 0 aliphatic carbocycles. The second kappa shape index (κ2) is 8.82. The molecule has 1 aromatic carbocycles. The zero-order valence-corrected chi connectivity index (χ0v) is 14.6. The van der Waals surface area contributed by atoms with E-state index in [1.54, 1.807) is 17.5 Å². The Morgan fingerprint density at radius 2 is 2.00 bits per heavy atom. The molecule has 7 nitrogen and oxygen atoms in total. The molecule has 2 N–H and O–H groups in total. The first-order valence-corrected chi connectivity index (χ1v) is 8.82. The van der Waals surface area contributed by atoms with Crippen molar-refractivity contribution in [3.8, 4) is 5.75 Å². The molecule has 3 aromatic rings. The van der Waals surface area contributed by atoms with Gasteiger partial charge in [0.05, 0.1) is 24.9 Å². The molecule has 26 heavy (non-hydrogen) atoms. The van der Waals surface area contributed by atoms with Gasteiger partial charge in [0.15, 0.2) is 10.9 Å². The molecule has 0 saturated heterocycles. The number of carbonyl (C=O) groups excluding carboxylic acids is 2. The third-order valence-corrected chi connectivity index (χ3v) is 4.10. The van der Waals surface area contributed by atoms with Gasteiger partial charge >= 0.3 is 0 Å². The fraction of sp³-hybridized carbons (Fsp3) is 0.167. The highest BCUT2D eigenvalue weighted by molar-refractivity contribution is 7.14. The zero-order valence-electron chi connectivity index (χ0n) is 13.8. The van der Waals surface area contributed by atoms with E-state index in [2.05, 4.69) is 15.6 Å². The van der Waals surface area contributed by atoms with Gasteiger partial charge in [-0.3, -0.25) is 14.9 Å². The van der Waals surface area contributed by atoms with Gasteiger partial charge < -0.3 is 14.5 Å². The second-order valence-corrected chi connectivity index (χ2v) is 6.12. The van der Waals surface area contributed by atoms with Gasteiger partial charge in [-0.2, -0.15) is 0 Å². The van der Waals surface area contributed by atoms with Crippen molar-refractivity contribution < 1.29 is 18.7 Å².